The normalized spacial score (nSPS) is 19.5. The molecule has 5 rings (SSSR count). The number of hydrogen-bond acceptors (Lipinski definition) is 8. The number of nitrogens with zero attached hydrogens (tertiary/aromatic N) is 6. The predicted octanol–water partition coefficient (Wildman–Crippen LogP) is 6.12. The Labute approximate surface area is 274 Å². The zero-order valence-corrected chi connectivity index (χ0v) is 28.5. The van der Waals surface area contributed by atoms with Crippen LogP contribution in [0.4, 0.5) is 40.7 Å². The van der Waals surface area contributed by atoms with Crippen LogP contribution in [0.5, 0.6) is 0 Å². The van der Waals surface area contributed by atoms with Crippen molar-refractivity contribution in [3.63, 3.8) is 0 Å². The molecule has 0 unspecified atom stereocenters. The van der Waals surface area contributed by atoms with Crippen LogP contribution in [0, 0.1) is 5.82 Å². The summed E-state index contributed by atoms with van der Waals surface area (Å²) >= 11 is 0. The number of hydrogen-bond donors (Lipinski definition) is 1. The number of benzene rings is 2. The smallest absolute Gasteiger partial charge is 0.368 e. The molecule has 0 aliphatic carbocycles. The maximum absolute atomic E-state index is 15.7. The Morgan fingerprint density at radius 1 is 0.979 bits per heavy atom. The van der Waals surface area contributed by atoms with Crippen molar-refractivity contribution in [3.8, 4) is 0 Å². The van der Waals surface area contributed by atoms with Crippen molar-refractivity contribution in [1.82, 2.24) is 19.2 Å². The van der Waals surface area contributed by atoms with Gasteiger partial charge in [-0.05, 0) is 71.3 Å². The van der Waals surface area contributed by atoms with Gasteiger partial charge in [0.1, 0.15) is 0 Å². The van der Waals surface area contributed by atoms with Gasteiger partial charge in [0.25, 0.3) is 0 Å². The molecule has 0 saturated carbocycles. The first-order valence-corrected chi connectivity index (χ1v) is 17.5. The molecule has 47 heavy (non-hydrogen) atoms. The van der Waals surface area contributed by atoms with E-state index >= 15 is 4.39 Å². The molecule has 2 aromatic carbocycles. The molecule has 1 aromatic heterocycles. The highest BCUT2D eigenvalue weighted by Gasteiger charge is 2.45. The van der Waals surface area contributed by atoms with Gasteiger partial charge in [-0.15, -0.1) is 0 Å². The zero-order valence-electron chi connectivity index (χ0n) is 27.6. The van der Waals surface area contributed by atoms with Crippen LogP contribution < -0.4 is 15.1 Å². The van der Waals surface area contributed by atoms with Gasteiger partial charge in [0, 0.05) is 61.2 Å². The van der Waals surface area contributed by atoms with Crippen molar-refractivity contribution >= 4 is 33.2 Å². The summed E-state index contributed by atoms with van der Waals surface area (Å²) in [5.41, 5.74) is -0.252. The van der Waals surface area contributed by atoms with E-state index in [1.165, 1.54) is 21.3 Å². The van der Waals surface area contributed by atoms with Crippen LogP contribution in [0.15, 0.2) is 54.7 Å². The van der Waals surface area contributed by atoms with Crippen LogP contribution in [0.2, 0.25) is 0 Å². The molecule has 0 spiro atoms. The average Bonchev–Trinajstić information content (AvgIpc) is 2.99. The number of rotatable bonds is 8. The highest BCUT2D eigenvalue weighted by molar-refractivity contribution is 7.88. The third kappa shape index (κ3) is 7.81. The molecule has 2 aliphatic heterocycles. The summed E-state index contributed by atoms with van der Waals surface area (Å²) in [6.45, 7) is 9.47. The first-order chi connectivity index (χ1) is 21.8. The Balaban J connectivity index is 1.46. The summed E-state index contributed by atoms with van der Waals surface area (Å²) in [6, 6.07) is 13.4. The standard InChI is InChI=1S/C33H43F4N7O2S/c1-31(2)19-25(20-32(3,4)41(31)5)44(22-23-10-8-7-9-11-23)29-27(34)21-38-30(40-29)39-24-12-13-28(26(18-24)33(35,36)37)42-14-16-43(17-15-42)47(6,45)46/h7-13,18,21,25H,14-17,19-20,22H2,1-6H3,(H,38,39,40). The fourth-order valence-electron chi connectivity index (χ4n) is 6.82. The maximum atomic E-state index is 15.7. The third-order valence-electron chi connectivity index (χ3n) is 9.53. The van der Waals surface area contributed by atoms with Crippen molar-refractivity contribution in [1.29, 1.82) is 0 Å². The summed E-state index contributed by atoms with van der Waals surface area (Å²) in [4.78, 5) is 14.5. The number of nitrogens with one attached hydrogen (secondary N) is 1. The molecular formula is C33H43F4N7O2S. The van der Waals surface area contributed by atoms with Crippen LogP contribution in [0.1, 0.15) is 51.7 Å². The minimum Gasteiger partial charge on any atom is -0.368 e. The summed E-state index contributed by atoms with van der Waals surface area (Å²) in [5, 5.41) is 2.87. The fourth-order valence-corrected chi connectivity index (χ4v) is 7.65. The lowest BCUT2D eigenvalue weighted by atomic mass is 9.77. The highest BCUT2D eigenvalue weighted by Crippen LogP contribution is 2.42. The Morgan fingerprint density at radius 3 is 2.17 bits per heavy atom. The second kappa shape index (κ2) is 12.8. The third-order valence-corrected chi connectivity index (χ3v) is 10.8. The first-order valence-electron chi connectivity index (χ1n) is 15.6. The molecule has 2 saturated heterocycles. The van der Waals surface area contributed by atoms with Gasteiger partial charge in [0.15, 0.2) is 11.6 Å². The molecular weight excluding hydrogens is 634 g/mol. The Kier molecular flexibility index (Phi) is 9.52. The summed E-state index contributed by atoms with van der Waals surface area (Å²) in [7, 11) is -1.34. The van der Waals surface area contributed by atoms with E-state index in [2.05, 4.69) is 54.9 Å². The second-order valence-electron chi connectivity index (χ2n) is 13.7. The Hall–Kier alpha value is -3.49. The highest BCUT2D eigenvalue weighted by atomic mass is 32.2. The topological polar surface area (TPSA) is 84.9 Å². The van der Waals surface area contributed by atoms with Gasteiger partial charge in [0.05, 0.1) is 18.0 Å². The van der Waals surface area contributed by atoms with Crippen molar-refractivity contribution < 1.29 is 26.0 Å². The van der Waals surface area contributed by atoms with Gasteiger partial charge in [-0.1, -0.05) is 30.3 Å². The lowest BCUT2D eigenvalue weighted by Gasteiger charge is -2.55. The molecule has 14 heteroatoms. The largest absolute Gasteiger partial charge is 0.418 e. The van der Waals surface area contributed by atoms with Crippen LogP contribution in [-0.4, -0.2) is 84.2 Å². The molecule has 0 atom stereocenters. The minimum absolute atomic E-state index is 0.0337. The molecule has 9 nitrogen and oxygen atoms in total. The van der Waals surface area contributed by atoms with E-state index in [4.69, 9.17) is 0 Å². The van der Waals surface area contributed by atoms with E-state index < -0.39 is 27.6 Å². The van der Waals surface area contributed by atoms with Gasteiger partial charge < -0.3 is 15.1 Å². The van der Waals surface area contributed by atoms with Crippen LogP contribution in [0.3, 0.4) is 0 Å². The van der Waals surface area contributed by atoms with Crippen molar-refractivity contribution in [2.45, 2.75) is 70.4 Å². The van der Waals surface area contributed by atoms with E-state index in [-0.39, 0.29) is 66.4 Å². The van der Waals surface area contributed by atoms with Crippen molar-refractivity contribution in [2.75, 3.05) is 54.6 Å². The number of halogens is 4. The number of aromatic nitrogens is 2. The van der Waals surface area contributed by atoms with Gasteiger partial charge in [0.2, 0.25) is 16.0 Å². The van der Waals surface area contributed by atoms with E-state index in [0.717, 1.165) is 36.9 Å². The number of piperidine rings is 1. The van der Waals surface area contributed by atoms with Crippen LogP contribution in [0.25, 0.3) is 0 Å². The molecule has 2 aliphatic rings. The van der Waals surface area contributed by atoms with Gasteiger partial charge in [-0.25, -0.2) is 17.8 Å². The zero-order chi connectivity index (χ0) is 34.4. The van der Waals surface area contributed by atoms with Gasteiger partial charge in [-0.2, -0.15) is 22.5 Å². The number of likely N-dealkylation sites (tertiary alicyclic amines) is 1. The fraction of sp³-hybridized carbons (Fsp3) is 0.515. The van der Waals surface area contributed by atoms with Gasteiger partial charge in [-0.3, -0.25) is 4.90 Å². The van der Waals surface area contributed by atoms with E-state index in [1.54, 1.807) is 0 Å². The van der Waals surface area contributed by atoms with E-state index in [9.17, 15) is 21.6 Å². The van der Waals surface area contributed by atoms with E-state index in [0.29, 0.717) is 6.54 Å². The lowest BCUT2D eigenvalue weighted by molar-refractivity contribution is -0.137. The monoisotopic (exact) mass is 677 g/mol. The minimum atomic E-state index is -4.68. The molecule has 256 valence electrons. The van der Waals surface area contributed by atoms with Crippen molar-refractivity contribution in [3.05, 3.63) is 71.7 Å². The van der Waals surface area contributed by atoms with Crippen LogP contribution in [-0.2, 0) is 22.7 Å². The lowest BCUT2D eigenvalue weighted by Crippen LogP contribution is -2.62. The molecule has 0 bridgehead atoms. The van der Waals surface area contributed by atoms with Gasteiger partial charge >= 0.3 is 6.18 Å². The summed E-state index contributed by atoms with van der Waals surface area (Å²) in [6.07, 6.45) is -1.07. The SMILES string of the molecule is CN1C(C)(C)CC(N(Cc2ccccc2)c2nc(Nc3ccc(N4CCN(S(C)(=O)=O)CC4)c(C(F)(F)F)c3)ncc2F)CC1(C)C. The van der Waals surface area contributed by atoms with Crippen LogP contribution >= 0.6 is 0 Å². The average molecular weight is 678 g/mol. The molecule has 0 radical (unpaired) electrons. The van der Waals surface area contributed by atoms with E-state index in [1.807, 2.05) is 35.2 Å². The number of sulfonamides is 1. The van der Waals surface area contributed by atoms with Crippen molar-refractivity contribution in [2.24, 2.45) is 0 Å². The Bertz CT molecular complexity index is 1660. The second-order valence-corrected chi connectivity index (χ2v) is 15.7. The number of alkyl halides is 3. The molecule has 1 N–H and O–H groups in total. The summed E-state index contributed by atoms with van der Waals surface area (Å²) in [5.74, 6) is -0.585. The summed E-state index contributed by atoms with van der Waals surface area (Å²) < 4.78 is 83.7. The molecule has 3 heterocycles. The Morgan fingerprint density at radius 2 is 1.60 bits per heavy atom. The number of anilines is 4. The predicted molar refractivity (Wildman–Crippen MR) is 177 cm³/mol. The number of piperazine rings is 1. The first kappa shape index (κ1) is 34.8. The molecule has 2 fully saturated rings. The maximum Gasteiger partial charge on any atom is 0.418 e. The quantitative estimate of drug-likeness (QED) is 0.286. The molecule has 0 amide bonds. The molecule has 3 aromatic rings.